The minimum Gasteiger partial charge on any atom is -0.497 e. The molecule has 6 nitrogen and oxygen atoms in total. The van der Waals surface area contributed by atoms with Crippen LogP contribution in [0.3, 0.4) is 0 Å². The van der Waals surface area contributed by atoms with Gasteiger partial charge in [0, 0.05) is 35.7 Å². The fraction of sp³-hybridized carbons (Fsp3) is 0.265. The molecule has 0 unspecified atom stereocenters. The first-order valence-corrected chi connectivity index (χ1v) is 13.9. The van der Waals surface area contributed by atoms with Gasteiger partial charge in [0.2, 0.25) is 17.2 Å². The topological polar surface area (TPSA) is 72.9 Å². The number of ether oxygens (including phenoxy) is 2. The van der Waals surface area contributed by atoms with Gasteiger partial charge < -0.3 is 14.4 Å². The number of halogens is 1. The minimum atomic E-state index is -2.03. The van der Waals surface area contributed by atoms with Gasteiger partial charge in [0.15, 0.2) is 0 Å². The zero-order valence-electron chi connectivity index (χ0n) is 24.2. The summed E-state index contributed by atoms with van der Waals surface area (Å²) in [6, 6.07) is 15.7. The molecule has 2 aromatic rings. The standard InChI is InChI=1S/C34H34ClNO5/c1-7-21(2)18-22(3)8-13-27-19-29-30(32(38)34(5,41-23(4)37)33(39)31(29)35)20-36(27)26-14-9-24(10-15-26)25-11-16-28(40-6)17-12-25/h8-21H,7H2,1-6H3/b13-8+,22-18+/t21-,34+/m0/s1. The summed E-state index contributed by atoms with van der Waals surface area (Å²) in [4.78, 5) is 40.4. The molecule has 4 rings (SSSR count). The van der Waals surface area contributed by atoms with Crippen molar-refractivity contribution in [2.75, 3.05) is 12.0 Å². The van der Waals surface area contributed by atoms with Crippen LogP contribution in [-0.2, 0) is 19.1 Å². The van der Waals surface area contributed by atoms with Gasteiger partial charge in [-0.1, -0.05) is 73.9 Å². The van der Waals surface area contributed by atoms with Crippen molar-refractivity contribution in [1.82, 2.24) is 0 Å². The smallest absolute Gasteiger partial charge is 0.304 e. The molecule has 0 spiro atoms. The van der Waals surface area contributed by atoms with E-state index in [0.717, 1.165) is 41.5 Å². The molecule has 2 aliphatic rings. The van der Waals surface area contributed by atoms with Gasteiger partial charge in [-0.3, -0.25) is 14.4 Å². The summed E-state index contributed by atoms with van der Waals surface area (Å²) in [5, 5.41) is -0.146. The van der Waals surface area contributed by atoms with Crippen molar-refractivity contribution in [2.24, 2.45) is 5.92 Å². The van der Waals surface area contributed by atoms with Crippen molar-refractivity contribution in [2.45, 2.75) is 46.6 Å². The number of rotatable bonds is 8. The van der Waals surface area contributed by atoms with Crippen molar-refractivity contribution in [3.8, 4) is 16.9 Å². The highest BCUT2D eigenvalue weighted by molar-refractivity contribution is 6.49. The molecule has 2 atom stereocenters. The highest BCUT2D eigenvalue weighted by Crippen LogP contribution is 2.41. The van der Waals surface area contributed by atoms with Crippen LogP contribution in [0.15, 0.2) is 106 Å². The molecule has 0 bridgehead atoms. The third-order valence-corrected chi connectivity index (χ3v) is 7.67. The molecule has 7 heteroatoms. The molecule has 0 saturated heterocycles. The van der Waals surface area contributed by atoms with Crippen LogP contribution in [0.4, 0.5) is 5.69 Å². The van der Waals surface area contributed by atoms with Crippen LogP contribution in [0.5, 0.6) is 5.75 Å². The summed E-state index contributed by atoms with van der Waals surface area (Å²) < 4.78 is 10.5. The van der Waals surface area contributed by atoms with Crippen molar-refractivity contribution in [3.05, 3.63) is 106 Å². The number of carbonyl (C=O) groups excluding carboxylic acids is 3. The molecule has 0 N–H and O–H groups in total. The third kappa shape index (κ3) is 6.13. The average molecular weight is 572 g/mol. The molecule has 0 radical (unpaired) electrons. The molecule has 1 aliphatic heterocycles. The van der Waals surface area contributed by atoms with E-state index in [0.29, 0.717) is 17.2 Å². The summed E-state index contributed by atoms with van der Waals surface area (Å²) in [6.45, 7) is 8.78. The number of ketones is 2. The van der Waals surface area contributed by atoms with Gasteiger partial charge in [-0.2, -0.15) is 0 Å². The highest BCUT2D eigenvalue weighted by Gasteiger charge is 2.52. The Morgan fingerprint density at radius 1 is 1.02 bits per heavy atom. The van der Waals surface area contributed by atoms with E-state index in [4.69, 9.17) is 21.1 Å². The fourth-order valence-corrected chi connectivity index (χ4v) is 5.13. The Balaban J connectivity index is 1.80. The van der Waals surface area contributed by atoms with Crippen molar-refractivity contribution >= 4 is 34.8 Å². The lowest BCUT2D eigenvalue weighted by molar-refractivity contribution is -0.167. The lowest BCUT2D eigenvalue weighted by atomic mass is 9.79. The molecule has 0 fully saturated rings. The first-order valence-electron chi connectivity index (χ1n) is 13.5. The van der Waals surface area contributed by atoms with Gasteiger partial charge in [-0.15, -0.1) is 0 Å². The van der Waals surface area contributed by atoms with Crippen molar-refractivity contribution in [1.29, 1.82) is 0 Å². The summed E-state index contributed by atoms with van der Waals surface area (Å²) in [7, 11) is 1.63. The Hall–Kier alpha value is -4.16. The zero-order chi connectivity index (χ0) is 29.9. The number of hydrogen-bond acceptors (Lipinski definition) is 6. The third-order valence-electron chi connectivity index (χ3n) is 7.29. The Kier molecular flexibility index (Phi) is 8.83. The van der Waals surface area contributed by atoms with Gasteiger partial charge in [0.05, 0.1) is 12.1 Å². The lowest BCUT2D eigenvalue weighted by Crippen LogP contribution is -2.52. The number of carbonyl (C=O) groups is 3. The van der Waals surface area contributed by atoms with Crippen molar-refractivity contribution in [3.63, 3.8) is 0 Å². The van der Waals surface area contributed by atoms with Gasteiger partial charge in [0.25, 0.3) is 0 Å². The van der Waals surface area contributed by atoms with E-state index in [-0.39, 0.29) is 10.6 Å². The maximum absolute atomic E-state index is 13.6. The Morgan fingerprint density at radius 2 is 1.63 bits per heavy atom. The Morgan fingerprint density at radius 3 is 2.20 bits per heavy atom. The molecule has 41 heavy (non-hydrogen) atoms. The van der Waals surface area contributed by atoms with E-state index in [9.17, 15) is 14.4 Å². The van der Waals surface area contributed by atoms with Crippen LogP contribution in [0.1, 0.15) is 41.0 Å². The fourth-order valence-electron chi connectivity index (χ4n) is 4.79. The molecule has 0 saturated carbocycles. The molecule has 212 valence electrons. The Bertz CT molecular complexity index is 1530. The molecule has 0 amide bonds. The van der Waals surface area contributed by atoms with Gasteiger partial charge in [-0.05, 0) is 67.3 Å². The van der Waals surface area contributed by atoms with Crippen LogP contribution in [-0.4, -0.2) is 30.2 Å². The average Bonchev–Trinajstić information content (AvgIpc) is 2.97. The van der Waals surface area contributed by atoms with Gasteiger partial charge >= 0.3 is 5.97 Å². The zero-order valence-corrected chi connectivity index (χ0v) is 24.9. The predicted molar refractivity (Wildman–Crippen MR) is 162 cm³/mol. The maximum atomic E-state index is 13.6. The number of benzene rings is 2. The van der Waals surface area contributed by atoms with E-state index in [1.807, 2.05) is 72.5 Å². The second-order valence-corrected chi connectivity index (χ2v) is 10.8. The molecular formula is C34H34ClNO5. The second-order valence-electron chi connectivity index (χ2n) is 10.4. The summed E-state index contributed by atoms with van der Waals surface area (Å²) >= 11 is 6.53. The number of allylic oxidation sites excluding steroid dienone is 6. The van der Waals surface area contributed by atoms with Crippen LogP contribution >= 0.6 is 11.6 Å². The maximum Gasteiger partial charge on any atom is 0.304 e. The number of fused-ring (bicyclic) bond motifs is 1. The van der Waals surface area contributed by atoms with E-state index in [1.54, 1.807) is 19.4 Å². The van der Waals surface area contributed by atoms with Crippen LogP contribution in [0, 0.1) is 5.92 Å². The summed E-state index contributed by atoms with van der Waals surface area (Å²) in [5.74, 6) is -0.895. The monoisotopic (exact) mass is 571 g/mol. The van der Waals surface area contributed by atoms with Crippen molar-refractivity contribution < 1.29 is 23.9 Å². The van der Waals surface area contributed by atoms with Crippen LogP contribution < -0.4 is 9.64 Å². The second kappa shape index (κ2) is 12.1. The first kappa shape index (κ1) is 29.8. The molecule has 0 aromatic heterocycles. The SMILES string of the molecule is CC[C@H](C)/C=C(C)/C=C/C1=CC2=C(Cl)C(=O)[C@](C)(OC(C)=O)C(=O)C2=CN1c1ccc(-c2ccc(OC)cc2)cc1. The van der Waals surface area contributed by atoms with E-state index in [1.165, 1.54) is 6.92 Å². The van der Waals surface area contributed by atoms with E-state index < -0.39 is 23.1 Å². The van der Waals surface area contributed by atoms with Crippen LogP contribution in [0.25, 0.3) is 11.1 Å². The molecular weight excluding hydrogens is 538 g/mol. The van der Waals surface area contributed by atoms with E-state index >= 15 is 0 Å². The number of anilines is 1. The van der Waals surface area contributed by atoms with Gasteiger partial charge in [0.1, 0.15) is 5.75 Å². The predicted octanol–water partition coefficient (Wildman–Crippen LogP) is 7.47. The largest absolute Gasteiger partial charge is 0.497 e. The Labute approximate surface area is 246 Å². The van der Waals surface area contributed by atoms with E-state index in [2.05, 4.69) is 19.9 Å². The number of hydrogen-bond donors (Lipinski definition) is 0. The lowest BCUT2D eigenvalue weighted by Gasteiger charge is -2.35. The quantitative estimate of drug-likeness (QED) is 0.186. The highest BCUT2D eigenvalue weighted by atomic mass is 35.5. The van der Waals surface area contributed by atoms with Gasteiger partial charge in [-0.25, -0.2) is 0 Å². The summed E-state index contributed by atoms with van der Waals surface area (Å²) in [5.41, 5.74) is 3.12. The normalized spacial score (nSPS) is 20.1. The number of methoxy groups -OCH3 is 1. The first-order chi connectivity index (χ1) is 19.5. The number of esters is 1. The molecule has 1 aliphatic carbocycles. The number of Topliss-reactive ketones (excluding diaryl/α,β-unsaturated/α-hetero) is 2. The summed E-state index contributed by atoms with van der Waals surface area (Å²) in [6.07, 6.45) is 10.5. The molecule has 2 aromatic carbocycles. The molecule has 1 heterocycles. The van der Waals surface area contributed by atoms with Crippen LogP contribution in [0.2, 0.25) is 0 Å². The minimum absolute atomic E-state index is 0.146. The number of nitrogens with zero attached hydrogens (tertiary/aromatic N) is 1.